The SMILES string of the molecule is C=C(C)C(=O)OCCOc1cc(C)c(C2(c3cc(C)c(O)cc3C)OS(=O)(=O)c3ccccc32)cc1C. The lowest BCUT2D eigenvalue weighted by atomic mass is 9.76. The van der Waals surface area contributed by atoms with Gasteiger partial charge >= 0.3 is 5.97 Å². The summed E-state index contributed by atoms with van der Waals surface area (Å²) in [7, 11) is -4.07. The van der Waals surface area contributed by atoms with E-state index in [1.807, 2.05) is 32.9 Å². The third-order valence-corrected chi connectivity index (χ3v) is 7.88. The monoisotopic (exact) mass is 522 g/mol. The van der Waals surface area contributed by atoms with Crippen molar-refractivity contribution in [3.05, 3.63) is 99.6 Å². The van der Waals surface area contributed by atoms with Crippen LogP contribution in [0.4, 0.5) is 0 Å². The number of hydrogen-bond donors (Lipinski definition) is 1. The van der Waals surface area contributed by atoms with E-state index in [1.54, 1.807) is 50.2 Å². The molecule has 1 heterocycles. The van der Waals surface area contributed by atoms with Crippen LogP contribution >= 0.6 is 0 Å². The number of esters is 1. The van der Waals surface area contributed by atoms with Crippen molar-refractivity contribution < 1.29 is 32.0 Å². The average Bonchev–Trinajstić information content (AvgIpc) is 3.08. The van der Waals surface area contributed by atoms with Gasteiger partial charge in [-0.1, -0.05) is 24.8 Å². The molecule has 8 heteroatoms. The van der Waals surface area contributed by atoms with Crippen LogP contribution in [0, 0.1) is 27.7 Å². The number of fused-ring (bicyclic) bond motifs is 1. The highest BCUT2D eigenvalue weighted by Crippen LogP contribution is 2.53. The number of benzene rings is 3. The molecular formula is C29H30O7S. The summed E-state index contributed by atoms with van der Waals surface area (Å²) in [6.07, 6.45) is 0. The Morgan fingerprint density at radius 3 is 2.22 bits per heavy atom. The molecule has 0 aromatic heterocycles. The van der Waals surface area contributed by atoms with Gasteiger partial charge in [0.1, 0.15) is 29.6 Å². The van der Waals surface area contributed by atoms with E-state index < -0.39 is 21.7 Å². The number of aromatic hydroxyl groups is 1. The number of hydrogen-bond acceptors (Lipinski definition) is 7. The van der Waals surface area contributed by atoms with Gasteiger partial charge in [-0.15, -0.1) is 0 Å². The van der Waals surface area contributed by atoms with Crippen molar-refractivity contribution in [3.8, 4) is 11.5 Å². The molecule has 0 bridgehead atoms. The molecule has 0 radical (unpaired) electrons. The molecule has 1 unspecified atom stereocenters. The molecule has 3 aromatic carbocycles. The minimum Gasteiger partial charge on any atom is -0.508 e. The molecule has 0 amide bonds. The van der Waals surface area contributed by atoms with E-state index in [4.69, 9.17) is 13.7 Å². The summed E-state index contributed by atoms with van der Waals surface area (Å²) >= 11 is 0. The predicted octanol–water partition coefficient (Wildman–Crippen LogP) is 5.13. The second-order valence-corrected chi connectivity index (χ2v) is 10.9. The zero-order valence-electron chi connectivity index (χ0n) is 21.5. The summed E-state index contributed by atoms with van der Waals surface area (Å²) in [5, 5.41) is 10.3. The quantitative estimate of drug-likeness (QED) is 0.199. The molecular weight excluding hydrogens is 492 g/mol. The van der Waals surface area contributed by atoms with E-state index in [0.29, 0.717) is 39.1 Å². The van der Waals surface area contributed by atoms with Crippen LogP contribution in [-0.4, -0.2) is 32.7 Å². The maximum Gasteiger partial charge on any atom is 0.333 e. The smallest absolute Gasteiger partial charge is 0.333 e. The summed E-state index contributed by atoms with van der Waals surface area (Å²) in [5.41, 5.74) is 3.42. The molecule has 0 saturated heterocycles. The fraction of sp³-hybridized carbons (Fsp3) is 0.276. The van der Waals surface area contributed by atoms with Crippen molar-refractivity contribution in [1.29, 1.82) is 0 Å². The van der Waals surface area contributed by atoms with Crippen molar-refractivity contribution in [2.24, 2.45) is 0 Å². The first-order chi connectivity index (χ1) is 17.4. The lowest BCUT2D eigenvalue weighted by Crippen LogP contribution is -2.32. The zero-order valence-corrected chi connectivity index (χ0v) is 22.4. The molecule has 194 valence electrons. The van der Waals surface area contributed by atoms with Crippen LogP contribution in [0.1, 0.15) is 45.9 Å². The highest BCUT2D eigenvalue weighted by Gasteiger charge is 2.52. The van der Waals surface area contributed by atoms with Gasteiger partial charge in [0.25, 0.3) is 10.1 Å². The number of rotatable bonds is 7. The molecule has 4 rings (SSSR count). The Labute approximate surface area is 217 Å². The molecule has 1 aliphatic heterocycles. The van der Waals surface area contributed by atoms with Crippen LogP contribution < -0.4 is 4.74 Å². The van der Waals surface area contributed by atoms with Gasteiger partial charge in [0.05, 0.1) is 0 Å². The highest BCUT2D eigenvalue weighted by molar-refractivity contribution is 7.87. The third kappa shape index (κ3) is 4.63. The second kappa shape index (κ2) is 9.68. The maximum absolute atomic E-state index is 13.3. The van der Waals surface area contributed by atoms with Gasteiger partial charge in [0, 0.05) is 11.1 Å². The minimum absolute atomic E-state index is 0.0661. The summed E-state index contributed by atoms with van der Waals surface area (Å²) in [6, 6.07) is 13.8. The van der Waals surface area contributed by atoms with Crippen LogP contribution in [-0.2, 0) is 29.4 Å². The zero-order chi connectivity index (χ0) is 27.1. The summed E-state index contributed by atoms with van der Waals surface area (Å²) in [4.78, 5) is 11.7. The predicted molar refractivity (Wildman–Crippen MR) is 139 cm³/mol. The molecule has 1 aliphatic rings. The van der Waals surface area contributed by atoms with Gasteiger partial charge in [-0.25, -0.2) is 8.98 Å². The van der Waals surface area contributed by atoms with Gasteiger partial charge in [0.2, 0.25) is 0 Å². The lowest BCUT2D eigenvalue weighted by Gasteiger charge is -2.33. The van der Waals surface area contributed by atoms with E-state index in [-0.39, 0.29) is 23.9 Å². The third-order valence-electron chi connectivity index (χ3n) is 6.52. The van der Waals surface area contributed by atoms with Gasteiger partial charge in [-0.2, -0.15) is 8.42 Å². The maximum atomic E-state index is 13.3. The fourth-order valence-electron chi connectivity index (χ4n) is 4.67. The molecule has 7 nitrogen and oxygen atoms in total. The summed E-state index contributed by atoms with van der Waals surface area (Å²) < 4.78 is 43.6. The van der Waals surface area contributed by atoms with Crippen LogP contribution in [0.5, 0.6) is 11.5 Å². The molecule has 0 spiro atoms. The Morgan fingerprint density at radius 2 is 1.54 bits per heavy atom. The minimum atomic E-state index is -4.07. The van der Waals surface area contributed by atoms with Crippen LogP contribution in [0.2, 0.25) is 0 Å². The van der Waals surface area contributed by atoms with Crippen molar-refractivity contribution >= 4 is 16.1 Å². The molecule has 0 fully saturated rings. The lowest BCUT2D eigenvalue weighted by molar-refractivity contribution is -0.139. The van der Waals surface area contributed by atoms with E-state index in [1.165, 1.54) is 0 Å². The van der Waals surface area contributed by atoms with Crippen LogP contribution in [0.15, 0.2) is 65.6 Å². The second-order valence-electron chi connectivity index (χ2n) is 9.37. The fourth-order valence-corrected chi connectivity index (χ4v) is 6.08. The highest BCUT2D eigenvalue weighted by atomic mass is 32.2. The number of carbonyl (C=O) groups is 1. The number of carbonyl (C=O) groups excluding carboxylic acids is 1. The summed E-state index contributed by atoms with van der Waals surface area (Å²) in [6.45, 7) is 12.6. The van der Waals surface area contributed by atoms with E-state index >= 15 is 0 Å². The van der Waals surface area contributed by atoms with Crippen molar-refractivity contribution in [1.82, 2.24) is 0 Å². The van der Waals surface area contributed by atoms with Crippen molar-refractivity contribution in [3.63, 3.8) is 0 Å². The molecule has 0 saturated carbocycles. The Kier molecular flexibility index (Phi) is 6.92. The number of phenols is 1. The van der Waals surface area contributed by atoms with Gasteiger partial charge < -0.3 is 14.6 Å². The number of aryl methyl sites for hydroxylation is 4. The largest absolute Gasteiger partial charge is 0.508 e. The Balaban J connectivity index is 1.85. The number of phenolic OH excluding ortho intramolecular Hbond substituents is 1. The van der Waals surface area contributed by atoms with E-state index in [0.717, 1.165) is 11.1 Å². The summed E-state index contributed by atoms with van der Waals surface area (Å²) in [5.74, 6) is 0.219. The number of ether oxygens (including phenoxy) is 2. The molecule has 1 atom stereocenters. The Hall–Kier alpha value is -3.62. The molecule has 0 aliphatic carbocycles. The molecule has 37 heavy (non-hydrogen) atoms. The van der Waals surface area contributed by atoms with Crippen molar-refractivity contribution in [2.75, 3.05) is 13.2 Å². The van der Waals surface area contributed by atoms with E-state index in [9.17, 15) is 18.3 Å². The normalized spacial score (nSPS) is 17.8. The van der Waals surface area contributed by atoms with E-state index in [2.05, 4.69) is 6.58 Å². The topological polar surface area (TPSA) is 99.1 Å². The van der Waals surface area contributed by atoms with Crippen LogP contribution in [0.3, 0.4) is 0 Å². The molecule has 3 aromatic rings. The van der Waals surface area contributed by atoms with Gasteiger partial charge in [-0.05, 0) is 98.3 Å². The first-order valence-electron chi connectivity index (χ1n) is 11.8. The Morgan fingerprint density at radius 1 is 0.919 bits per heavy atom. The van der Waals surface area contributed by atoms with Gasteiger partial charge in [-0.3, -0.25) is 0 Å². The van der Waals surface area contributed by atoms with Gasteiger partial charge in [0.15, 0.2) is 5.60 Å². The van der Waals surface area contributed by atoms with Crippen LogP contribution in [0.25, 0.3) is 0 Å². The Bertz CT molecular complexity index is 1520. The first kappa shape index (κ1) is 26.4. The first-order valence-corrected chi connectivity index (χ1v) is 13.2. The standard InChI is InChI=1S/C29H30O7S/c1-17(2)28(31)35-12-11-34-26-16-19(4)24(14-21(26)6)29(23-13-20(5)25(30)15-18(23)3)22-9-7-8-10-27(22)37(32,33)36-29/h7-10,13-16,30H,1,11-12H2,2-6H3. The average molecular weight is 523 g/mol. The molecule has 1 N–H and O–H groups in total. The van der Waals surface area contributed by atoms with Crippen molar-refractivity contribution in [2.45, 2.75) is 45.1 Å².